The van der Waals surface area contributed by atoms with Crippen LogP contribution in [0.15, 0.2) is 12.4 Å². The zero-order valence-electron chi connectivity index (χ0n) is 13.9. The largest absolute Gasteiger partial charge is 0.390 e. The highest BCUT2D eigenvalue weighted by Crippen LogP contribution is 2.20. The maximum atomic E-state index is 10.3. The predicted molar refractivity (Wildman–Crippen MR) is 89.7 cm³/mol. The summed E-state index contributed by atoms with van der Waals surface area (Å²) in [6.07, 6.45) is 5.00. The van der Waals surface area contributed by atoms with Crippen LogP contribution in [0.2, 0.25) is 0 Å². The number of nitrogens with one attached hydrogen (secondary N) is 1. The summed E-state index contributed by atoms with van der Waals surface area (Å²) in [5.74, 6) is 0.320. The topological polar surface area (TPSA) is 78.6 Å². The molecule has 0 radical (unpaired) electrons. The average Bonchev–Trinajstić information content (AvgIpc) is 3.02. The van der Waals surface area contributed by atoms with Crippen LogP contribution in [-0.2, 0) is 0 Å². The zero-order chi connectivity index (χ0) is 16.2. The normalized spacial score (nSPS) is 17.7. The van der Waals surface area contributed by atoms with Crippen LogP contribution < -0.4 is 5.32 Å². The van der Waals surface area contributed by atoms with Gasteiger partial charge >= 0.3 is 0 Å². The molecule has 2 N–H and O–H groups in total. The Hall–Kier alpha value is -1.73. The molecule has 1 unspecified atom stereocenters. The van der Waals surface area contributed by atoms with Crippen LogP contribution in [-0.4, -0.2) is 62.1 Å². The summed E-state index contributed by atoms with van der Waals surface area (Å²) in [6.45, 7) is 7.62. The van der Waals surface area contributed by atoms with Gasteiger partial charge in [-0.15, -0.1) is 10.2 Å². The highest BCUT2D eigenvalue weighted by molar-refractivity contribution is 5.66. The first-order valence-corrected chi connectivity index (χ1v) is 8.48. The van der Waals surface area contributed by atoms with Crippen LogP contribution in [0.5, 0.6) is 0 Å². The van der Waals surface area contributed by atoms with Gasteiger partial charge in [-0.3, -0.25) is 0 Å². The summed E-state index contributed by atoms with van der Waals surface area (Å²) in [6, 6.07) is 2.00. The number of rotatable bonds is 6. The van der Waals surface area contributed by atoms with Gasteiger partial charge < -0.3 is 15.3 Å². The lowest BCUT2D eigenvalue weighted by Crippen LogP contribution is -2.39. The lowest BCUT2D eigenvalue weighted by Gasteiger charge is -2.28. The van der Waals surface area contributed by atoms with E-state index in [0.29, 0.717) is 18.1 Å². The number of anilines is 1. The lowest BCUT2D eigenvalue weighted by atomic mass is 10.1. The van der Waals surface area contributed by atoms with E-state index in [-0.39, 0.29) is 0 Å². The first-order valence-electron chi connectivity index (χ1n) is 8.48. The third kappa shape index (κ3) is 3.97. The van der Waals surface area contributed by atoms with Crippen molar-refractivity contribution in [1.29, 1.82) is 0 Å². The van der Waals surface area contributed by atoms with Gasteiger partial charge in [0, 0.05) is 13.1 Å². The quantitative estimate of drug-likeness (QED) is 0.840. The number of piperidine rings is 1. The van der Waals surface area contributed by atoms with Crippen LogP contribution in [0, 0.1) is 0 Å². The number of fused-ring (bicyclic) bond motifs is 1. The molecule has 126 valence electrons. The summed E-state index contributed by atoms with van der Waals surface area (Å²) in [5.41, 5.74) is 2.55. The fraction of sp³-hybridized carbons (Fsp3) is 0.688. The van der Waals surface area contributed by atoms with Gasteiger partial charge in [-0.25, -0.2) is 0 Å². The van der Waals surface area contributed by atoms with Crippen molar-refractivity contribution in [2.75, 3.05) is 31.5 Å². The molecular weight excluding hydrogens is 292 g/mol. The Balaban J connectivity index is 1.64. The fourth-order valence-electron chi connectivity index (χ4n) is 2.99. The van der Waals surface area contributed by atoms with Crippen LogP contribution in [0.1, 0.15) is 44.7 Å². The standard InChI is InChI=1S/C16H26N6O/c1-12(2)14-8-15(16-19-18-11-22(16)20-14)17-9-13(23)10-21-6-4-3-5-7-21/h8,11-13,17,23H,3-7,9-10H2,1-2H3. The minimum atomic E-state index is -0.397. The molecule has 0 saturated carbocycles. The summed E-state index contributed by atoms with van der Waals surface area (Å²) < 4.78 is 1.69. The molecule has 1 atom stereocenters. The second-order valence-electron chi connectivity index (χ2n) is 6.63. The number of aliphatic hydroxyl groups is 1. The number of hydrogen-bond donors (Lipinski definition) is 2. The van der Waals surface area contributed by atoms with Crippen LogP contribution in [0.4, 0.5) is 5.69 Å². The molecule has 3 heterocycles. The van der Waals surface area contributed by atoms with Crippen molar-refractivity contribution in [3.63, 3.8) is 0 Å². The molecule has 1 aliphatic rings. The summed E-state index contributed by atoms with van der Waals surface area (Å²) >= 11 is 0. The van der Waals surface area contributed by atoms with Crippen LogP contribution >= 0.6 is 0 Å². The highest BCUT2D eigenvalue weighted by Gasteiger charge is 2.16. The number of aromatic nitrogens is 4. The second-order valence-corrected chi connectivity index (χ2v) is 6.63. The number of β-amino-alcohol motifs (C(OH)–C–C–N with tert-alkyl or cyclic N) is 1. The molecule has 0 bridgehead atoms. The van der Waals surface area contributed by atoms with Gasteiger partial charge in [0.1, 0.15) is 6.33 Å². The van der Waals surface area contributed by atoms with Crippen molar-refractivity contribution in [3.05, 3.63) is 18.1 Å². The maximum Gasteiger partial charge on any atom is 0.200 e. The minimum absolute atomic E-state index is 0.320. The molecule has 0 aliphatic carbocycles. The van der Waals surface area contributed by atoms with E-state index in [2.05, 4.69) is 39.4 Å². The first kappa shape index (κ1) is 16.1. The molecule has 0 spiro atoms. The minimum Gasteiger partial charge on any atom is -0.390 e. The highest BCUT2D eigenvalue weighted by atomic mass is 16.3. The Labute approximate surface area is 136 Å². The number of nitrogens with zero attached hydrogens (tertiary/aromatic N) is 5. The summed E-state index contributed by atoms with van der Waals surface area (Å²) in [7, 11) is 0. The van der Waals surface area contributed by atoms with E-state index in [1.807, 2.05) is 6.07 Å². The third-order valence-corrected chi connectivity index (χ3v) is 4.32. The van der Waals surface area contributed by atoms with E-state index in [1.54, 1.807) is 10.8 Å². The van der Waals surface area contributed by atoms with Crippen molar-refractivity contribution < 1.29 is 5.11 Å². The van der Waals surface area contributed by atoms with Crippen molar-refractivity contribution in [2.45, 2.75) is 45.1 Å². The zero-order valence-corrected chi connectivity index (χ0v) is 13.9. The van der Waals surface area contributed by atoms with E-state index in [9.17, 15) is 5.11 Å². The third-order valence-electron chi connectivity index (χ3n) is 4.32. The molecule has 2 aromatic heterocycles. The Kier molecular flexibility index (Phi) is 5.07. The molecule has 23 heavy (non-hydrogen) atoms. The van der Waals surface area contributed by atoms with Crippen molar-refractivity contribution in [1.82, 2.24) is 24.7 Å². The monoisotopic (exact) mass is 318 g/mol. The van der Waals surface area contributed by atoms with Crippen LogP contribution in [0.25, 0.3) is 5.65 Å². The summed E-state index contributed by atoms with van der Waals surface area (Å²) in [5, 5.41) is 26.1. The molecule has 0 aromatic carbocycles. The van der Waals surface area contributed by atoms with Gasteiger partial charge in [0.05, 0.1) is 17.5 Å². The van der Waals surface area contributed by atoms with E-state index in [4.69, 9.17) is 0 Å². The molecule has 7 heteroatoms. The molecule has 0 amide bonds. The first-order chi connectivity index (χ1) is 11.1. The van der Waals surface area contributed by atoms with E-state index >= 15 is 0 Å². The van der Waals surface area contributed by atoms with Crippen LogP contribution in [0.3, 0.4) is 0 Å². The Morgan fingerprint density at radius 2 is 2.04 bits per heavy atom. The lowest BCUT2D eigenvalue weighted by molar-refractivity contribution is 0.110. The molecule has 1 fully saturated rings. The number of hydrogen-bond acceptors (Lipinski definition) is 6. The molecule has 1 saturated heterocycles. The molecule has 3 rings (SSSR count). The Bertz CT molecular complexity index is 635. The molecular formula is C16H26N6O. The van der Waals surface area contributed by atoms with Gasteiger partial charge in [0.25, 0.3) is 0 Å². The maximum absolute atomic E-state index is 10.3. The van der Waals surface area contributed by atoms with Crippen molar-refractivity contribution in [2.24, 2.45) is 0 Å². The van der Waals surface area contributed by atoms with E-state index in [1.165, 1.54) is 19.3 Å². The van der Waals surface area contributed by atoms with E-state index in [0.717, 1.165) is 31.0 Å². The number of likely N-dealkylation sites (tertiary alicyclic amines) is 1. The van der Waals surface area contributed by atoms with Gasteiger partial charge in [-0.1, -0.05) is 20.3 Å². The van der Waals surface area contributed by atoms with Crippen molar-refractivity contribution in [3.8, 4) is 0 Å². The fourth-order valence-corrected chi connectivity index (χ4v) is 2.99. The smallest absolute Gasteiger partial charge is 0.200 e. The Morgan fingerprint density at radius 1 is 1.26 bits per heavy atom. The molecule has 1 aliphatic heterocycles. The Morgan fingerprint density at radius 3 is 2.78 bits per heavy atom. The predicted octanol–water partition coefficient (Wildman–Crippen LogP) is 1.51. The summed E-state index contributed by atoms with van der Waals surface area (Å²) in [4.78, 5) is 2.34. The molecule has 7 nitrogen and oxygen atoms in total. The van der Waals surface area contributed by atoms with Gasteiger partial charge in [-0.2, -0.15) is 9.61 Å². The average molecular weight is 318 g/mol. The second kappa shape index (κ2) is 7.23. The van der Waals surface area contributed by atoms with Gasteiger partial charge in [0.2, 0.25) is 5.65 Å². The van der Waals surface area contributed by atoms with Gasteiger partial charge in [0.15, 0.2) is 0 Å². The number of aliphatic hydroxyl groups excluding tert-OH is 1. The molecule has 2 aromatic rings. The van der Waals surface area contributed by atoms with Gasteiger partial charge in [-0.05, 0) is 37.9 Å². The van der Waals surface area contributed by atoms with E-state index < -0.39 is 6.10 Å². The van der Waals surface area contributed by atoms with Crippen molar-refractivity contribution >= 4 is 11.3 Å². The SMILES string of the molecule is CC(C)c1cc(NCC(O)CN2CCCCC2)c2nncn2n1.